The summed E-state index contributed by atoms with van der Waals surface area (Å²) in [6.45, 7) is 10.9. The van der Waals surface area contributed by atoms with Crippen LogP contribution < -0.4 is 0 Å². The van der Waals surface area contributed by atoms with E-state index in [1.807, 2.05) is 7.05 Å². The smallest absolute Gasteiger partial charge is 0.154 e. The molecule has 2 aromatic rings. The van der Waals surface area contributed by atoms with Crippen molar-refractivity contribution in [3.05, 3.63) is 82.1 Å². The van der Waals surface area contributed by atoms with Crippen molar-refractivity contribution in [2.75, 3.05) is 20.1 Å². The van der Waals surface area contributed by atoms with E-state index in [9.17, 15) is 0 Å². The summed E-state index contributed by atoms with van der Waals surface area (Å²) >= 11 is 0. The minimum atomic E-state index is 0.535. The van der Waals surface area contributed by atoms with Gasteiger partial charge >= 0.3 is 0 Å². The molecule has 4 rings (SSSR count). The molecule has 1 heterocycles. The molecule has 0 radical (unpaired) electrons. The zero-order valence-corrected chi connectivity index (χ0v) is 21.8. The highest BCUT2D eigenvalue weighted by molar-refractivity contribution is 6.12. The first kappa shape index (κ1) is 24.4. The van der Waals surface area contributed by atoms with Crippen LogP contribution in [0.5, 0.6) is 0 Å². The molecule has 2 aromatic carbocycles. The van der Waals surface area contributed by atoms with Crippen LogP contribution in [0.4, 0.5) is 0 Å². The van der Waals surface area contributed by atoms with Crippen molar-refractivity contribution in [3.63, 3.8) is 0 Å². The molecular formula is C31H41N3. The van der Waals surface area contributed by atoms with E-state index in [2.05, 4.69) is 86.1 Å². The number of likely N-dealkylation sites (N-methyl/N-ethyl adjacent to an activating group) is 1. The first-order chi connectivity index (χ1) is 16.6. The van der Waals surface area contributed by atoms with Gasteiger partial charge in [-0.05, 0) is 74.6 Å². The molecule has 1 saturated heterocycles. The van der Waals surface area contributed by atoms with Gasteiger partial charge in [0.1, 0.15) is 0 Å². The maximum atomic E-state index is 5.03. The highest BCUT2D eigenvalue weighted by Gasteiger charge is 2.28. The maximum Gasteiger partial charge on any atom is 0.154 e. The van der Waals surface area contributed by atoms with Crippen molar-refractivity contribution in [1.82, 2.24) is 4.90 Å². The van der Waals surface area contributed by atoms with E-state index in [0.29, 0.717) is 5.92 Å². The van der Waals surface area contributed by atoms with Gasteiger partial charge in [0.2, 0.25) is 0 Å². The number of amidine groups is 1. The molecule has 2 aliphatic rings. The SMILES string of the molecule is C/C=C1\CC(c2cccc(C(N=C(C)c3ccc(CCC4CC4)cc3)=NC)c2CC)CN1CC. The summed E-state index contributed by atoms with van der Waals surface area (Å²) in [5.74, 6) is 2.35. The standard InChI is InChI=1S/C31H41N3/c1-6-27-20-26(21-34(27)8-3)29-10-9-11-30(28(29)7-2)31(32-5)33-22(4)25-18-16-24(17-19-25)15-14-23-12-13-23/h6,9-11,16-19,23,26H,7-8,12-15,20-21H2,1-5H3/b27-6+,32-31?,33-22?. The summed E-state index contributed by atoms with van der Waals surface area (Å²) in [6.07, 6.45) is 9.78. The highest BCUT2D eigenvalue weighted by atomic mass is 15.2. The fourth-order valence-electron chi connectivity index (χ4n) is 5.41. The lowest BCUT2D eigenvalue weighted by Gasteiger charge is -2.20. The third-order valence-corrected chi connectivity index (χ3v) is 7.66. The summed E-state index contributed by atoms with van der Waals surface area (Å²) < 4.78 is 0. The second-order valence-corrected chi connectivity index (χ2v) is 9.87. The van der Waals surface area contributed by atoms with Crippen LogP contribution >= 0.6 is 0 Å². The lowest BCUT2D eigenvalue weighted by molar-refractivity contribution is 0.404. The van der Waals surface area contributed by atoms with Gasteiger partial charge in [0, 0.05) is 43.0 Å². The number of aryl methyl sites for hydroxylation is 1. The number of hydrogen-bond acceptors (Lipinski definition) is 2. The molecule has 1 saturated carbocycles. The lowest BCUT2D eigenvalue weighted by atomic mass is 9.88. The van der Waals surface area contributed by atoms with Gasteiger partial charge in [0.15, 0.2) is 5.84 Å². The van der Waals surface area contributed by atoms with Gasteiger partial charge < -0.3 is 4.90 Å². The van der Waals surface area contributed by atoms with Gasteiger partial charge in [0.05, 0.1) is 0 Å². The number of likely N-dealkylation sites (tertiary alicyclic amines) is 1. The third kappa shape index (κ3) is 5.51. The van der Waals surface area contributed by atoms with Crippen LogP contribution in [0.1, 0.15) is 87.1 Å². The second-order valence-electron chi connectivity index (χ2n) is 9.87. The van der Waals surface area contributed by atoms with Gasteiger partial charge in [-0.1, -0.05) is 68.3 Å². The first-order valence-electron chi connectivity index (χ1n) is 13.2. The summed E-state index contributed by atoms with van der Waals surface area (Å²) in [5.41, 5.74) is 9.15. The van der Waals surface area contributed by atoms with E-state index in [0.717, 1.165) is 43.4 Å². The van der Waals surface area contributed by atoms with Crippen LogP contribution in [0.15, 0.2) is 64.2 Å². The zero-order valence-electron chi connectivity index (χ0n) is 21.8. The van der Waals surface area contributed by atoms with Gasteiger partial charge in [-0.15, -0.1) is 0 Å². The Morgan fingerprint density at radius 1 is 1.09 bits per heavy atom. The highest BCUT2D eigenvalue weighted by Crippen LogP contribution is 2.37. The predicted molar refractivity (Wildman–Crippen MR) is 146 cm³/mol. The number of hydrogen-bond donors (Lipinski definition) is 0. The van der Waals surface area contributed by atoms with Gasteiger partial charge in [0.25, 0.3) is 0 Å². The molecule has 1 aliphatic heterocycles. The minimum Gasteiger partial charge on any atom is -0.375 e. The van der Waals surface area contributed by atoms with Crippen molar-refractivity contribution in [2.45, 2.75) is 72.1 Å². The molecular weight excluding hydrogens is 414 g/mol. The normalized spacial score (nSPS) is 20.4. The van der Waals surface area contributed by atoms with Crippen LogP contribution in [-0.4, -0.2) is 36.6 Å². The molecule has 34 heavy (non-hydrogen) atoms. The maximum absolute atomic E-state index is 5.03. The molecule has 1 atom stereocenters. The van der Waals surface area contributed by atoms with E-state index in [-0.39, 0.29) is 0 Å². The monoisotopic (exact) mass is 455 g/mol. The molecule has 3 heteroatoms. The fourth-order valence-corrected chi connectivity index (χ4v) is 5.41. The largest absolute Gasteiger partial charge is 0.375 e. The van der Waals surface area contributed by atoms with E-state index in [4.69, 9.17) is 4.99 Å². The predicted octanol–water partition coefficient (Wildman–Crippen LogP) is 7.19. The number of benzene rings is 2. The first-order valence-corrected chi connectivity index (χ1v) is 13.2. The van der Waals surface area contributed by atoms with Crippen molar-refractivity contribution in [2.24, 2.45) is 15.9 Å². The van der Waals surface area contributed by atoms with Crippen LogP contribution in [0.2, 0.25) is 0 Å². The fraction of sp³-hybridized carbons (Fsp3) is 0.484. The van der Waals surface area contributed by atoms with Gasteiger partial charge in [-0.2, -0.15) is 0 Å². The summed E-state index contributed by atoms with van der Waals surface area (Å²) in [4.78, 5) is 12.2. The number of allylic oxidation sites excluding steroid dienone is 2. The molecule has 0 spiro atoms. The molecule has 1 unspecified atom stereocenters. The topological polar surface area (TPSA) is 28.0 Å². The van der Waals surface area contributed by atoms with E-state index < -0.39 is 0 Å². The van der Waals surface area contributed by atoms with E-state index in [1.54, 1.807) is 0 Å². The summed E-state index contributed by atoms with van der Waals surface area (Å²) in [5, 5.41) is 0. The van der Waals surface area contributed by atoms with Crippen molar-refractivity contribution in [3.8, 4) is 0 Å². The Morgan fingerprint density at radius 3 is 2.44 bits per heavy atom. The van der Waals surface area contributed by atoms with E-state index >= 15 is 0 Å². The molecule has 0 aromatic heterocycles. The Morgan fingerprint density at radius 2 is 1.85 bits per heavy atom. The Kier molecular flexibility index (Phi) is 8.03. The van der Waals surface area contributed by atoms with Crippen molar-refractivity contribution in [1.29, 1.82) is 0 Å². The molecule has 3 nitrogen and oxygen atoms in total. The Labute approximate surface area is 206 Å². The number of rotatable bonds is 8. The lowest BCUT2D eigenvalue weighted by Crippen LogP contribution is -2.19. The molecule has 1 aliphatic carbocycles. The zero-order chi connectivity index (χ0) is 24.1. The van der Waals surface area contributed by atoms with Gasteiger partial charge in [-0.25, -0.2) is 4.99 Å². The van der Waals surface area contributed by atoms with Crippen LogP contribution in [-0.2, 0) is 12.8 Å². The minimum absolute atomic E-state index is 0.535. The Bertz CT molecular complexity index is 1070. The van der Waals surface area contributed by atoms with Crippen molar-refractivity contribution >= 4 is 11.5 Å². The van der Waals surface area contributed by atoms with E-state index in [1.165, 1.54) is 59.2 Å². The van der Waals surface area contributed by atoms with Crippen LogP contribution in [0.25, 0.3) is 0 Å². The average molecular weight is 456 g/mol. The second kappa shape index (κ2) is 11.2. The number of aliphatic imine (C=N–C) groups is 2. The molecule has 180 valence electrons. The third-order valence-electron chi connectivity index (χ3n) is 7.66. The Balaban J connectivity index is 1.57. The summed E-state index contributed by atoms with van der Waals surface area (Å²) in [6, 6.07) is 15.7. The molecule has 0 amide bonds. The summed E-state index contributed by atoms with van der Waals surface area (Å²) in [7, 11) is 1.87. The van der Waals surface area contributed by atoms with Crippen LogP contribution in [0.3, 0.4) is 0 Å². The molecule has 0 bridgehead atoms. The molecule has 2 fully saturated rings. The van der Waals surface area contributed by atoms with Crippen molar-refractivity contribution < 1.29 is 0 Å². The van der Waals surface area contributed by atoms with Crippen LogP contribution in [0, 0.1) is 5.92 Å². The Hall–Kier alpha value is -2.68. The average Bonchev–Trinajstić information content (AvgIpc) is 3.62. The quantitative estimate of drug-likeness (QED) is 0.306. The molecule has 0 N–H and O–H groups in total. The van der Waals surface area contributed by atoms with Gasteiger partial charge in [-0.3, -0.25) is 4.99 Å². The number of nitrogens with zero attached hydrogens (tertiary/aromatic N) is 3.